The summed E-state index contributed by atoms with van der Waals surface area (Å²) >= 11 is 0. The maximum absolute atomic E-state index is 10.4. The van der Waals surface area contributed by atoms with E-state index in [1.807, 2.05) is 6.08 Å². The lowest BCUT2D eigenvalue weighted by Gasteiger charge is -2.34. The largest absolute Gasteiger partial charge is 0.481 e. The quantitative estimate of drug-likeness (QED) is 0.708. The Labute approximate surface area is 91.8 Å². The van der Waals surface area contributed by atoms with Crippen LogP contribution in [0.1, 0.15) is 32.6 Å². The van der Waals surface area contributed by atoms with Gasteiger partial charge in [0.05, 0.1) is 0 Å². The molecule has 0 bridgehead atoms. The minimum atomic E-state index is -0.670. The molecule has 1 rings (SSSR count). The number of carbonyl (C=O) groups is 1. The zero-order valence-electron chi connectivity index (χ0n) is 9.48. The zero-order valence-corrected chi connectivity index (χ0v) is 9.48. The molecule has 1 aliphatic rings. The van der Waals surface area contributed by atoms with Gasteiger partial charge in [0.25, 0.3) is 0 Å². The van der Waals surface area contributed by atoms with E-state index in [0.717, 1.165) is 32.4 Å². The van der Waals surface area contributed by atoms with Crippen molar-refractivity contribution in [3.05, 3.63) is 12.7 Å². The molecule has 0 aliphatic carbocycles. The molecular weight excluding hydrogens is 190 g/mol. The molecular formula is C12H21NO2. The predicted molar refractivity (Wildman–Crippen MR) is 60.8 cm³/mol. The summed E-state index contributed by atoms with van der Waals surface area (Å²) in [7, 11) is 0. The third-order valence-corrected chi connectivity index (χ3v) is 3.33. The van der Waals surface area contributed by atoms with Gasteiger partial charge in [0.1, 0.15) is 0 Å². The number of rotatable bonds is 5. The molecule has 3 nitrogen and oxygen atoms in total. The lowest BCUT2D eigenvalue weighted by atomic mass is 9.91. The fourth-order valence-corrected chi connectivity index (χ4v) is 2.13. The van der Waals surface area contributed by atoms with Gasteiger partial charge in [-0.2, -0.15) is 0 Å². The Morgan fingerprint density at radius 2 is 2.20 bits per heavy atom. The Kier molecular flexibility index (Phi) is 4.82. The molecule has 0 saturated carbocycles. The highest BCUT2D eigenvalue weighted by atomic mass is 16.4. The van der Waals surface area contributed by atoms with Crippen molar-refractivity contribution < 1.29 is 9.90 Å². The van der Waals surface area contributed by atoms with E-state index in [4.69, 9.17) is 5.11 Å². The van der Waals surface area contributed by atoms with Gasteiger partial charge in [-0.25, -0.2) is 0 Å². The first-order chi connectivity index (χ1) is 7.13. The maximum Gasteiger partial charge on any atom is 0.303 e. The van der Waals surface area contributed by atoms with Gasteiger partial charge in [0.15, 0.2) is 0 Å². The summed E-state index contributed by atoms with van der Waals surface area (Å²) in [5.74, 6) is -0.0637. The van der Waals surface area contributed by atoms with Crippen LogP contribution in [0.15, 0.2) is 12.7 Å². The highest BCUT2D eigenvalue weighted by Gasteiger charge is 2.21. The van der Waals surface area contributed by atoms with Crippen molar-refractivity contribution in [3.8, 4) is 0 Å². The second-order valence-corrected chi connectivity index (χ2v) is 4.39. The highest BCUT2D eigenvalue weighted by Crippen LogP contribution is 2.23. The number of likely N-dealkylation sites (tertiary alicyclic amines) is 1. The van der Waals surface area contributed by atoms with Crippen molar-refractivity contribution in [1.82, 2.24) is 4.90 Å². The molecule has 86 valence electrons. The van der Waals surface area contributed by atoms with E-state index in [0.29, 0.717) is 18.4 Å². The number of hydrogen-bond acceptors (Lipinski definition) is 2. The van der Waals surface area contributed by atoms with E-state index in [1.165, 1.54) is 0 Å². The van der Waals surface area contributed by atoms with Crippen molar-refractivity contribution >= 4 is 5.97 Å². The molecule has 3 heteroatoms. The van der Waals surface area contributed by atoms with Crippen molar-refractivity contribution in [2.45, 2.75) is 38.6 Å². The van der Waals surface area contributed by atoms with E-state index in [-0.39, 0.29) is 0 Å². The Balaban J connectivity index is 2.23. The Hall–Kier alpha value is -0.830. The minimum Gasteiger partial charge on any atom is -0.481 e. The van der Waals surface area contributed by atoms with Crippen LogP contribution in [0.3, 0.4) is 0 Å². The van der Waals surface area contributed by atoms with Gasteiger partial charge in [-0.3, -0.25) is 9.69 Å². The summed E-state index contributed by atoms with van der Waals surface area (Å²) < 4.78 is 0. The maximum atomic E-state index is 10.4. The van der Waals surface area contributed by atoms with Crippen LogP contribution in [0.4, 0.5) is 0 Å². The number of hydrogen-bond donors (Lipinski definition) is 1. The van der Waals surface area contributed by atoms with Gasteiger partial charge < -0.3 is 5.11 Å². The van der Waals surface area contributed by atoms with Crippen molar-refractivity contribution in [3.63, 3.8) is 0 Å². The molecule has 0 radical (unpaired) electrons. The average molecular weight is 211 g/mol. The number of piperidine rings is 1. The molecule has 1 unspecified atom stereocenters. The normalized spacial score (nSPS) is 21.1. The van der Waals surface area contributed by atoms with Crippen molar-refractivity contribution in [2.24, 2.45) is 5.92 Å². The minimum absolute atomic E-state index is 0.321. The van der Waals surface area contributed by atoms with Gasteiger partial charge in [-0.1, -0.05) is 6.08 Å². The molecule has 1 heterocycles. The van der Waals surface area contributed by atoms with Crippen LogP contribution in [-0.4, -0.2) is 35.1 Å². The van der Waals surface area contributed by atoms with Gasteiger partial charge in [0.2, 0.25) is 0 Å². The van der Waals surface area contributed by atoms with Crippen molar-refractivity contribution in [1.29, 1.82) is 0 Å². The van der Waals surface area contributed by atoms with E-state index in [1.54, 1.807) is 0 Å². The number of nitrogens with zero attached hydrogens (tertiary/aromatic N) is 1. The highest BCUT2D eigenvalue weighted by molar-refractivity contribution is 5.66. The van der Waals surface area contributed by atoms with Crippen molar-refractivity contribution in [2.75, 3.05) is 13.1 Å². The third-order valence-electron chi connectivity index (χ3n) is 3.33. The molecule has 1 aliphatic heterocycles. The van der Waals surface area contributed by atoms with Crippen LogP contribution in [0, 0.1) is 5.92 Å². The predicted octanol–water partition coefficient (Wildman–Crippen LogP) is 2.14. The van der Waals surface area contributed by atoms with Crippen LogP contribution in [0.5, 0.6) is 0 Å². The van der Waals surface area contributed by atoms with Crippen LogP contribution in [0.2, 0.25) is 0 Å². The first kappa shape index (κ1) is 12.2. The van der Waals surface area contributed by atoms with Crippen LogP contribution in [0.25, 0.3) is 0 Å². The van der Waals surface area contributed by atoms with Gasteiger partial charge >= 0.3 is 5.97 Å². The average Bonchev–Trinajstić information content (AvgIpc) is 2.26. The first-order valence-electron chi connectivity index (χ1n) is 5.72. The summed E-state index contributed by atoms with van der Waals surface area (Å²) in [6.07, 6.45) is 5.39. The van der Waals surface area contributed by atoms with E-state index in [2.05, 4.69) is 18.4 Å². The standard InChI is InChI=1S/C12H21NO2/c1-3-10(2)13-8-6-11(7-9-13)4-5-12(14)15/h3,10-11H,1,4-9H2,2H3,(H,14,15). The number of aliphatic carboxylic acids is 1. The van der Waals surface area contributed by atoms with E-state index in [9.17, 15) is 4.79 Å². The van der Waals surface area contributed by atoms with Gasteiger partial charge in [-0.15, -0.1) is 6.58 Å². The topological polar surface area (TPSA) is 40.5 Å². The molecule has 0 aromatic rings. The SMILES string of the molecule is C=CC(C)N1CCC(CCC(=O)O)CC1. The smallest absolute Gasteiger partial charge is 0.303 e. The van der Waals surface area contributed by atoms with Gasteiger partial charge in [-0.05, 0) is 45.2 Å². The lowest BCUT2D eigenvalue weighted by Crippen LogP contribution is -2.39. The van der Waals surface area contributed by atoms with Gasteiger partial charge in [0, 0.05) is 12.5 Å². The third kappa shape index (κ3) is 4.04. The summed E-state index contributed by atoms with van der Waals surface area (Å²) in [6.45, 7) is 8.11. The monoisotopic (exact) mass is 211 g/mol. The number of carboxylic acids is 1. The second kappa shape index (κ2) is 5.91. The second-order valence-electron chi connectivity index (χ2n) is 4.39. The fourth-order valence-electron chi connectivity index (χ4n) is 2.13. The molecule has 1 atom stereocenters. The molecule has 1 saturated heterocycles. The fraction of sp³-hybridized carbons (Fsp3) is 0.750. The summed E-state index contributed by atoms with van der Waals surface area (Å²) in [5.41, 5.74) is 0. The molecule has 0 aromatic heterocycles. The Morgan fingerprint density at radius 1 is 1.60 bits per heavy atom. The lowest BCUT2D eigenvalue weighted by molar-refractivity contribution is -0.137. The molecule has 0 spiro atoms. The van der Waals surface area contributed by atoms with Crippen LogP contribution in [-0.2, 0) is 4.79 Å². The van der Waals surface area contributed by atoms with Crippen LogP contribution >= 0.6 is 0 Å². The molecule has 1 fully saturated rings. The first-order valence-corrected chi connectivity index (χ1v) is 5.72. The summed E-state index contributed by atoms with van der Waals surface area (Å²) in [4.78, 5) is 12.8. The number of carboxylic acid groups (broad SMARTS) is 1. The molecule has 0 amide bonds. The molecule has 15 heavy (non-hydrogen) atoms. The van der Waals surface area contributed by atoms with Crippen LogP contribution < -0.4 is 0 Å². The Morgan fingerprint density at radius 3 is 2.67 bits per heavy atom. The Bertz CT molecular complexity index is 220. The summed E-state index contributed by atoms with van der Waals surface area (Å²) in [5, 5.41) is 8.60. The summed E-state index contributed by atoms with van der Waals surface area (Å²) in [6, 6.07) is 0.449. The van der Waals surface area contributed by atoms with E-state index >= 15 is 0 Å². The zero-order chi connectivity index (χ0) is 11.3. The molecule has 1 N–H and O–H groups in total. The van der Waals surface area contributed by atoms with E-state index < -0.39 is 5.97 Å². The molecule has 0 aromatic carbocycles.